The Morgan fingerprint density at radius 1 is 1.19 bits per heavy atom. The van der Waals surface area contributed by atoms with Crippen molar-refractivity contribution in [3.8, 4) is 5.75 Å². The van der Waals surface area contributed by atoms with Gasteiger partial charge in [-0.05, 0) is 35.6 Å². The van der Waals surface area contributed by atoms with Gasteiger partial charge in [0.25, 0.3) is 5.91 Å². The quantitative estimate of drug-likeness (QED) is 0.826. The first kappa shape index (κ1) is 19.4. The first-order valence-electron chi connectivity index (χ1n) is 9.09. The van der Waals surface area contributed by atoms with Gasteiger partial charge in [0.05, 0.1) is 19.2 Å². The van der Waals surface area contributed by atoms with Gasteiger partial charge >= 0.3 is 0 Å². The van der Waals surface area contributed by atoms with Crippen molar-refractivity contribution in [2.45, 2.75) is 13.0 Å². The zero-order chi connectivity index (χ0) is 19.1. The zero-order valence-electron chi connectivity index (χ0n) is 15.5. The van der Waals surface area contributed by atoms with E-state index in [9.17, 15) is 9.59 Å². The van der Waals surface area contributed by atoms with Gasteiger partial charge in [-0.3, -0.25) is 14.5 Å². The highest BCUT2D eigenvalue weighted by Crippen LogP contribution is 2.13. The average Bonchev–Trinajstić information content (AvgIpc) is 3.13. The summed E-state index contributed by atoms with van der Waals surface area (Å²) in [6.07, 6.45) is 0.874. The fourth-order valence-electron chi connectivity index (χ4n) is 3.14. The first-order valence-corrected chi connectivity index (χ1v) is 10.0. The van der Waals surface area contributed by atoms with E-state index in [2.05, 4.69) is 10.2 Å². The molecule has 1 aliphatic heterocycles. The maximum atomic E-state index is 12.5. The van der Waals surface area contributed by atoms with Crippen molar-refractivity contribution < 1.29 is 14.3 Å². The predicted molar refractivity (Wildman–Crippen MR) is 106 cm³/mol. The lowest BCUT2D eigenvalue weighted by Gasteiger charge is -2.21. The van der Waals surface area contributed by atoms with E-state index in [0.717, 1.165) is 36.4 Å². The van der Waals surface area contributed by atoms with Crippen LogP contribution in [-0.2, 0) is 11.3 Å². The molecule has 1 fully saturated rings. The number of thiophene rings is 1. The minimum Gasteiger partial charge on any atom is -0.497 e. The molecule has 27 heavy (non-hydrogen) atoms. The van der Waals surface area contributed by atoms with E-state index in [-0.39, 0.29) is 11.8 Å². The molecule has 0 aliphatic carbocycles. The van der Waals surface area contributed by atoms with E-state index >= 15 is 0 Å². The third-order valence-corrected chi connectivity index (χ3v) is 5.32. The third kappa shape index (κ3) is 5.55. The monoisotopic (exact) mass is 387 g/mol. The van der Waals surface area contributed by atoms with Gasteiger partial charge in [0.15, 0.2) is 0 Å². The normalized spacial score (nSPS) is 15.2. The SMILES string of the molecule is COc1cccc(CNC(=O)CN2CCCN(C(=O)c3ccsc3)CC2)c1. The maximum absolute atomic E-state index is 12.5. The van der Waals surface area contributed by atoms with Crippen LogP contribution in [0.5, 0.6) is 5.75 Å². The van der Waals surface area contributed by atoms with Crippen LogP contribution in [0, 0.1) is 0 Å². The number of ether oxygens (including phenoxy) is 1. The molecule has 1 N–H and O–H groups in total. The van der Waals surface area contributed by atoms with Crippen LogP contribution in [0.2, 0.25) is 0 Å². The smallest absolute Gasteiger partial charge is 0.254 e. The molecule has 2 amide bonds. The molecule has 2 aromatic rings. The Morgan fingerprint density at radius 3 is 2.85 bits per heavy atom. The Labute approximate surface area is 163 Å². The minimum atomic E-state index is -0.00423. The van der Waals surface area contributed by atoms with Gasteiger partial charge in [0.1, 0.15) is 5.75 Å². The van der Waals surface area contributed by atoms with Crippen LogP contribution in [0.15, 0.2) is 41.1 Å². The largest absolute Gasteiger partial charge is 0.497 e. The van der Waals surface area contributed by atoms with E-state index < -0.39 is 0 Å². The summed E-state index contributed by atoms with van der Waals surface area (Å²) in [5.74, 6) is 0.862. The fraction of sp³-hybridized carbons (Fsp3) is 0.400. The molecule has 1 aliphatic rings. The molecule has 1 saturated heterocycles. The number of hydrogen-bond acceptors (Lipinski definition) is 5. The molecule has 3 rings (SSSR count). The lowest BCUT2D eigenvalue weighted by Crippen LogP contribution is -2.39. The van der Waals surface area contributed by atoms with Gasteiger partial charge in [-0.25, -0.2) is 0 Å². The van der Waals surface area contributed by atoms with Gasteiger partial charge in [0, 0.05) is 38.1 Å². The van der Waals surface area contributed by atoms with Crippen LogP contribution in [0.1, 0.15) is 22.3 Å². The number of hydrogen-bond donors (Lipinski definition) is 1. The summed E-state index contributed by atoms with van der Waals surface area (Å²) in [6.45, 7) is 3.74. The molecule has 6 nitrogen and oxygen atoms in total. The summed E-state index contributed by atoms with van der Waals surface area (Å²) in [6, 6.07) is 9.53. The van der Waals surface area contributed by atoms with Gasteiger partial charge < -0.3 is 15.0 Å². The Hall–Kier alpha value is -2.38. The highest BCUT2D eigenvalue weighted by atomic mass is 32.1. The third-order valence-electron chi connectivity index (χ3n) is 4.63. The topological polar surface area (TPSA) is 61.9 Å². The van der Waals surface area contributed by atoms with Gasteiger partial charge in [0.2, 0.25) is 5.91 Å². The summed E-state index contributed by atoms with van der Waals surface area (Å²) in [4.78, 5) is 28.8. The van der Waals surface area contributed by atoms with Crippen LogP contribution >= 0.6 is 11.3 Å². The van der Waals surface area contributed by atoms with E-state index in [1.165, 1.54) is 11.3 Å². The molecular formula is C20H25N3O3S. The molecule has 0 unspecified atom stereocenters. The second-order valence-corrected chi connectivity index (χ2v) is 7.34. The first-order chi connectivity index (χ1) is 13.2. The van der Waals surface area contributed by atoms with Crippen LogP contribution in [0.3, 0.4) is 0 Å². The molecule has 0 spiro atoms. The van der Waals surface area contributed by atoms with E-state index in [4.69, 9.17) is 4.74 Å². The molecule has 1 aromatic heterocycles. The number of methoxy groups -OCH3 is 1. The van der Waals surface area contributed by atoms with Gasteiger partial charge in [-0.1, -0.05) is 12.1 Å². The zero-order valence-corrected chi connectivity index (χ0v) is 16.3. The van der Waals surface area contributed by atoms with Crippen LogP contribution in [0.25, 0.3) is 0 Å². The van der Waals surface area contributed by atoms with E-state index in [1.807, 2.05) is 46.0 Å². The summed E-state index contributed by atoms with van der Waals surface area (Å²) in [5, 5.41) is 6.77. The van der Waals surface area contributed by atoms with Crippen LogP contribution < -0.4 is 10.1 Å². The Morgan fingerprint density at radius 2 is 2.07 bits per heavy atom. The van der Waals surface area contributed by atoms with Crippen LogP contribution in [0.4, 0.5) is 0 Å². The Balaban J connectivity index is 1.45. The molecular weight excluding hydrogens is 362 g/mol. The van der Waals surface area contributed by atoms with Crippen molar-refractivity contribution in [3.05, 3.63) is 52.2 Å². The van der Waals surface area contributed by atoms with E-state index in [0.29, 0.717) is 26.2 Å². The van der Waals surface area contributed by atoms with Gasteiger partial charge in [-0.15, -0.1) is 0 Å². The van der Waals surface area contributed by atoms with Crippen molar-refractivity contribution >= 4 is 23.2 Å². The summed E-state index contributed by atoms with van der Waals surface area (Å²) in [7, 11) is 1.63. The summed E-state index contributed by atoms with van der Waals surface area (Å²) >= 11 is 1.53. The number of rotatable bonds is 6. The molecule has 2 heterocycles. The lowest BCUT2D eigenvalue weighted by atomic mass is 10.2. The number of benzene rings is 1. The van der Waals surface area contributed by atoms with E-state index in [1.54, 1.807) is 7.11 Å². The van der Waals surface area contributed by atoms with Crippen molar-refractivity contribution in [1.82, 2.24) is 15.1 Å². The molecule has 0 bridgehead atoms. The van der Waals surface area contributed by atoms with Crippen molar-refractivity contribution in [3.63, 3.8) is 0 Å². The lowest BCUT2D eigenvalue weighted by molar-refractivity contribution is -0.122. The van der Waals surface area contributed by atoms with Crippen molar-refractivity contribution in [1.29, 1.82) is 0 Å². The maximum Gasteiger partial charge on any atom is 0.254 e. The molecule has 7 heteroatoms. The number of carbonyl (C=O) groups is 2. The van der Waals surface area contributed by atoms with Crippen molar-refractivity contribution in [2.24, 2.45) is 0 Å². The number of amides is 2. The van der Waals surface area contributed by atoms with Gasteiger partial charge in [-0.2, -0.15) is 11.3 Å². The second-order valence-electron chi connectivity index (χ2n) is 6.56. The molecule has 144 valence electrons. The highest BCUT2D eigenvalue weighted by molar-refractivity contribution is 7.08. The summed E-state index contributed by atoms with van der Waals surface area (Å²) < 4.78 is 5.20. The predicted octanol–water partition coefficient (Wildman–Crippen LogP) is 2.22. The van der Waals surface area contributed by atoms with Crippen molar-refractivity contribution in [2.75, 3.05) is 39.8 Å². The number of nitrogens with zero attached hydrogens (tertiary/aromatic N) is 2. The molecule has 0 atom stereocenters. The highest BCUT2D eigenvalue weighted by Gasteiger charge is 2.21. The minimum absolute atomic E-state index is 0.00423. The molecule has 0 radical (unpaired) electrons. The molecule has 0 saturated carbocycles. The number of nitrogens with one attached hydrogen (secondary N) is 1. The molecule has 1 aromatic carbocycles. The number of carbonyl (C=O) groups excluding carboxylic acids is 2. The standard InChI is InChI=1S/C20H25N3O3S/c1-26-18-5-2-4-16(12-18)13-21-19(24)14-22-7-3-8-23(10-9-22)20(25)17-6-11-27-15-17/h2,4-6,11-12,15H,3,7-10,13-14H2,1H3,(H,21,24). The van der Waals surface area contributed by atoms with Crippen LogP contribution in [-0.4, -0.2) is 61.4 Å². The Kier molecular flexibility index (Phi) is 6.84. The Bertz CT molecular complexity index is 764. The fourth-order valence-corrected chi connectivity index (χ4v) is 3.77. The summed E-state index contributed by atoms with van der Waals surface area (Å²) in [5.41, 5.74) is 1.76. The second kappa shape index (κ2) is 9.53. The average molecular weight is 388 g/mol.